The van der Waals surface area contributed by atoms with Crippen LogP contribution in [0.25, 0.3) is 5.52 Å². The second-order valence-corrected chi connectivity index (χ2v) is 8.25. The molecular weight excluding hydrogens is 449 g/mol. The Labute approximate surface area is 165 Å². The summed E-state index contributed by atoms with van der Waals surface area (Å²) in [6.07, 6.45) is 0.705. The third-order valence-corrected chi connectivity index (χ3v) is 4.50. The fraction of sp³-hybridized carbons (Fsp3) is 0.333. The molecule has 0 saturated heterocycles. The van der Waals surface area contributed by atoms with Crippen LogP contribution in [-0.2, 0) is 11.3 Å². The number of nitrogens with zero attached hydrogens (tertiary/aromatic N) is 5. The van der Waals surface area contributed by atoms with E-state index >= 15 is 0 Å². The lowest BCUT2D eigenvalue weighted by atomic mass is 10.2. The quantitative estimate of drug-likeness (QED) is 0.565. The van der Waals surface area contributed by atoms with Crippen molar-refractivity contribution < 1.29 is 13.9 Å². The zero-order valence-corrected chi connectivity index (χ0v) is 17.2. The summed E-state index contributed by atoms with van der Waals surface area (Å²) < 4.78 is 21.5. The van der Waals surface area contributed by atoms with Gasteiger partial charge < -0.3 is 4.74 Å². The minimum atomic E-state index is -0.744. The van der Waals surface area contributed by atoms with Crippen LogP contribution < -0.4 is 4.90 Å². The number of ether oxygens (including phenoxy) is 1. The Morgan fingerprint density at radius 2 is 2.23 bits per heavy atom. The molecule has 0 saturated carbocycles. The number of hydrogen-bond donors (Lipinski definition) is 0. The zero-order chi connectivity index (χ0) is 19.1. The van der Waals surface area contributed by atoms with Gasteiger partial charge >= 0.3 is 6.09 Å². The topological polar surface area (TPSA) is 72.6 Å². The van der Waals surface area contributed by atoms with E-state index < -0.39 is 17.5 Å². The molecule has 0 atom stereocenters. The predicted octanol–water partition coefficient (Wildman–Crippen LogP) is 4.68. The van der Waals surface area contributed by atoms with Gasteiger partial charge in [-0.05, 0) is 48.3 Å². The van der Waals surface area contributed by atoms with Gasteiger partial charge in [0, 0.05) is 11.6 Å². The second-order valence-electron chi connectivity index (χ2n) is 6.33. The third-order valence-electron chi connectivity index (χ3n) is 3.16. The molecule has 0 aliphatic carbocycles. The van der Waals surface area contributed by atoms with Gasteiger partial charge in [0.15, 0.2) is 11.6 Å². The van der Waals surface area contributed by atoms with Crippen molar-refractivity contribution in [3.8, 4) is 0 Å². The fourth-order valence-electron chi connectivity index (χ4n) is 2.18. The number of hydrogen-bond acceptors (Lipinski definition) is 6. The van der Waals surface area contributed by atoms with Crippen molar-refractivity contribution in [1.82, 2.24) is 19.6 Å². The van der Waals surface area contributed by atoms with E-state index in [1.165, 1.54) is 26.9 Å². The Morgan fingerprint density at radius 1 is 1.50 bits per heavy atom. The molecule has 0 spiro atoms. The van der Waals surface area contributed by atoms with E-state index in [0.29, 0.717) is 5.69 Å². The number of thiazole rings is 1. The minimum absolute atomic E-state index is 0.00219. The van der Waals surface area contributed by atoms with Crippen LogP contribution in [0.5, 0.6) is 0 Å². The Kier molecular flexibility index (Phi) is 5.18. The molecule has 3 aromatic heterocycles. The Bertz CT molecular complexity index is 957. The molecule has 0 unspecified atom stereocenters. The lowest BCUT2D eigenvalue weighted by Crippen LogP contribution is -2.37. The fourth-order valence-corrected chi connectivity index (χ4v) is 3.27. The largest absolute Gasteiger partial charge is 0.443 e. The van der Waals surface area contributed by atoms with Gasteiger partial charge in [-0.15, -0.1) is 16.4 Å². The minimum Gasteiger partial charge on any atom is -0.443 e. The lowest BCUT2D eigenvalue weighted by molar-refractivity contribution is 0.0576. The highest BCUT2D eigenvalue weighted by Gasteiger charge is 2.29. The number of carbonyl (C=O) groups is 1. The Hall–Kier alpha value is -1.78. The molecule has 3 aromatic rings. The maximum absolute atomic E-state index is 14.6. The molecule has 0 aromatic carbocycles. The van der Waals surface area contributed by atoms with Crippen molar-refractivity contribution in [2.24, 2.45) is 0 Å². The molecule has 26 heavy (non-hydrogen) atoms. The van der Waals surface area contributed by atoms with E-state index in [1.54, 1.807) is 31.7 Å². The monoisotopic (exact) mass is 461 g/mol. The van der Waals surface area contributed by atoms with Gasteiger partial charge in [-0.3, -0.25) is 4.90 Å². The Morgan fingerprint density at radius 3 is 2.85 bits per heavy atom. The molecule has 3 heterocycles. The first kappa shape index (κ1) is 19.0. The number of rotatable bonds is 3. The van der Waals surface area contributed by atoms with E-state index in [9.17, 15) is 9.18 Å². The van der Waals surface area contributed by atoms with Crippen molar-refractivity contribution in [3.63, 3.8) is 0 Å². The van der Waals surface area contributed by atoms with Crippen LogP contribution in [0.1, 0.15) is 26.5 Å². The van der Waals surface area contributed by atoms with Crippen molar-refractivity contribution in [2.45, 2.75) is 32.9 Å². The van der Waals surface area contributed by atoms with Crippen LogP contribution >= 0.6 is 38.9 Å². The summed E-state index contributed by atoms with van der Waals surface area (Å²) in [5.41, 5.74) is 1.51. The average Bonchev–Trinajstić information content (AvgIpc) is 3.11. The number of fused-ring (bicyclic) bond motifs is 1. The van der Waals surface area contributed by atoms with E-state index in [1.807, 2.05) is 0 Å². The molecule has 0 aliphatic rings. The normalized spacial score (nSPS) is 11.8. The third kappa shape index (κ3) is 3.97. The summed E-state index contributed by atoms with van der Waals surface area (Å²) >= 11 is 10.5. The highest BCUT2D eigenvalue weighted by Crippen LogP contribution is 2.31. The molecule has 11 heteroatoms. The molecule has 0 bridgehead atoms. The van der Waals surface area contributed by atoms with Gasteiger partial charge in [-0.25, -0.2) is 18.7 Å². The standard InChI is InChI=1S/C15H14BrClFN5O2S/c1-15(2,3)25-14(24)22(4-8-6-26-7-19-8)12-11-10(18)9(16)5-23(11)21-13(17)20-12/h5-7H,4H2,1-3H3. The van der Waals surface area contributed by atoms with Crippen LogP contribution in [-0.4, -0.2) is 31.3 Å². The summed E-state index contributed by atoms with van der Waals surface area (Å²) in [5.74, 6) is -0.612. The van der Waals surface area contributed by atoms with E-state index in [4.69, 9.17) is 16.3 Å². The molecule has 1 amide bonds. The van der Waals surface area contributed by atoms with Crippen molar-refractivity contribution in [1.29, 1.82) is 0 Å². The molecule has 7 nitrogen and oxygen atoms in total. The SMILES string of the molecule is CC(C)(C)OC(=O)N(Cc1cscn1)c1nc(Cl)nn2cc(Br)c(F)c12. The summed E-state index contributed by atoms with van der Waals surface area (Å²) in [7, 11) is 0. The molecular formula is C15H14BrClFN5O2S. The highest BCUT2D eigenvalue weighted by molar-refractivity contribution is 9.10. The number of carbonyl (C=O) groups excluding carboxylic acids is 1. The predicted molar refractivity (Wildman–Crippen MR) is 100 cm³/mol. The van der Waals surface area contributed by atoms with Gasteiger partial charge in [0.05, 0.1) is 22.2 Å². The van der Waals surface area contributed by atoms with Crippen LogP contribution in [0.15, 0.2) is 21.6 Å². The summed E-state index contributed by atoms with van der Waals surface area (Å²) in [6, 6.07) is 0. The summed E-state index contributed by atoms with van der Waals surface area (Å²) in [6.45, 7) is 5.26. The number of halogens is 3. The number of amides is 1. The van der Waals surface area contributed by atoms with E-state index in [2.05, 4.69) is 31.0 Å². The van der Waals surface area contributed by atoms with Gasteiger partial charge in [0.1, 0.15) is 11.1 Å². The maximum Gasteiger partial charge on any atom is 0.416 e. The zero-order valence-electron chi connectivity index (χ0n) is 14.0. The lowest BCUT2D eigenvalue weighted by Gasteiger charge is -2.26. The molecule has 0 fully saturated rings. The van der Waals surface area contributed by atoms with Crippen molar-refractivity contribution >= 4 is 56.3 Å². The summed E-state index contributed by atoms with van der Waals surface area (Å²) in [4.78, 5) is 22.2. The molecule has 138 valence electrons. The van der Waals surface area contributed by atoms with Crippen LogP contribution in [0, 0.1) is 5.82 Å². The Balaban J connectivity index is 2.15. The van der Waals surface area contributed by atoms with Gasteiger partial charge in [-0.1, -0.05) is 0 Å². The van der Waals surface area contributed by atoms with Crippen molar-refractivity contribution in [2.75, 3.05) is 4.90 Å². The number of anilines is 1. The average molecular weight is 463 g/mol. The van der Waals surface area contributed by atoms with E-state index in [0.717, 1.165) is 0 Å². The first-order chi connectivity index (χ1) is 12.2. The van der Waals surface area contributed by atoms with Crippen LogP contribution in [0.4, 0.5) is 15.0 Å². The molecule has 0 aliphatic heterocycles. The maximum atomic E-state index is 14.6. The van der Waals surface area contributed by atoms with Crippen LogP contribution in [0.2, 0.25) is 5.28 Å². The molecule has 0 radical (unpaired) electrons. The first-order valence-electron chi connectivity index (χ1n) is 7.43. The van der Waals surface area contributed by atoms with Gasteiger partial charge in [0.25, 0.3) is 0 Å². The van der Waals surface area contributed by atoms with E-state index in [-0.39, 0.29) is 27.6 Å². The number of aromatic nitrogens is 4. The van der Waals surface area contributed by atoms with Gasteiger partial charge in [0.2, 0.25) is 5.28 Å². The highest BCUT2D eigenvalue weighted by atomic mass is 79.9. The molecule has 0 N–H and O–H groups in total. The smallest absolute Gasteiger partial charge is 0.416 e. The molecule has 3 rings (SSSR count). The second kappa shape index (κ2) is 7.09. The van der Waals surface area contributed by atoms with Gasteiger partial charge in [-0.2, -0.15) is 4.98 Å². The van der Waals surface area contributed by atoms with Crippen molar-refractivity contribution in [3.05, 3.63) is 38.4 Å². The first-order valence-corrected chi connectivity index (χ1v) is 9.54. The summed E-state index contributed by atoms with van der Waals surface area (Å²) in [5, 5.41) is 5.58. The van der Waals surface area contributed by atoms with Crippen LogP contribution in [0.3, 0.4) is 0 Å².